The number of ether oxygens (including phenoxy) is 2. The van der Waals surface area contributed by atoms with Gasteiger partial charge in [0.05, 0.1) is 17.6 Å². The van der Waals surface area contributed by atoms with Crippen molar-refractivity contribution in [3.63, 3.8) is 0 Å². The van der Waals surface area contributed by atoms with Crippen LogP contribution in [0.5, 0.6) is 11.5 Å². The number of aromatic hydroxyl groups is 2. The SMILES string of the molecule is Cc1cc(O)c([C@@H]2O[C@H](CO)[C@@H](O)[C@H](O)[C@H]2OC(=O)/C=C\c2ccc(O)cc2)c2oc(C(=O)O)cc(=O)c12. The molecule has 3 aromatic rings. The number of aryl methyl sites for hydroxylation is 1. The first-order valence-electron chi connectivity index (χ1n) is 11.4. The highest BCUT2D eigenvalue weighted by atomic mass is 16.6. The molecule has 1 saturated heterocycles. The fourth-order valence-electron chi connectivity index (χ4n) is 4.29. The molecule has 1 fully saturated rings. The highest BCUT2D eigenvalue weighted by molar-refractivity contribution is 5.91. The van der Waals surface area contributed by atoms with Gasteiger partial charge in [0.15, 0.2) is 11.5 Å². The molecule has 0 unspecified atom stereocenters. The van der Waals surface area contributed by atoms with Crippen molar-refractivity contribution in [3.8, 4) is 11.5 Å². The monoisotopic (exact) mass is 528 g/mol. The second-order valence-corrected chi connectivity index (χ2v) is 8.70. The summed E-state index contributed by atoms with van der Waals surface area (Å²) >= 11 is 0. The molecular weight excluding hydrogens is 504 g/mol. The van der Waals surface area contributed by atoms with Gasteiger partial charge in [-0.2, -0.15) is 0 Å². The molecule has 0 saturated carbocycles. The van der Waals surface area contributed by atoms with Crippen molar-refractivity contribution in [1.29, 1.82) is 0 Å². The molecule has 4 rings (SSSR count). The summed E-state index contributed by atoms with van der Waals surface area (Å²) in [5, 5.41) is 60.4. The van der Waals surface area contributed by atoms with Crippen LogP contribution in [0.4, 0.5) is 0 Å². The highest BCUT2D eigenvalue weighted by Crippen LogP contribution is 2.42. The third-order valence-electron chi connectivity index (χ3n) is 6.14. The molecule has 0 aliphatic carbocycles. The molecule has 2 aromatic carbocycles. The van der Waals surface area contributed by atoms with Gasteiger partial charge in [-0.15, -0.1) is 0 Å². The van der Waals surface area contributed by atoms with E-state index in [1.54, 1.807) is 0 Å². The van der Waals surface area contributed by atoms with Crippen LogP contribution in [-0.2, 0) is 14.3 Å². The summed E-state index contributed by atoms with van der Waals surface area (Å²) in [6, 6.07) is 7.79. The second-order valence-electron chi connectivity index (χ2n) is 8.70. The van der Waals surface area contributed by atoms with Crippen molar-refractivity contribution >= 4 is 29.0 Å². The average molecular weight is 528 g/mol. The minimum absolute atomic E-state index is 0.0188. The molecule has 38 heavy (non-hydrogen) atoms. The van der Waals surface area contributed by atoms with Gasteiger partial charge in [-0.05, 0) is 42.3 Å². The molecule has 5 atom stereocenters. The summed E-state index contributed by atoms with van der Waals surface area (Å²) in [7, 11) is 0. The molecule has 1 aliphatic rings. The van der Waals surface area contributed by atoms with E-state index in [0.717, 1.165) is 12.1 Å². The molecule has 2 heterocycles. The maximum Gasteiger partial charge on any atom is 0.371 e. The molecule has 1 aliphatic heterocycles. The zero-order valence-corrected chi connectivity index (χ0v) is 19.8. The van der Waals surface area contributed by atoms with Gasteiger partial charge in [0, 0.05) is 12.1 Å². The lowest BCUT2D eigenvalue weighted by atomic mass is 9.89. The summed E-state index contributed by atoms with van der Waals surface area (Å²) < 4.78 is 16.5. The zero-order chi connectivity index (χ0) is 27.7. The van der Waals surface area contributed by atoms with Crippen LogP contribution < -0.4 is 5.43 Å². The van der Waals surface area contributed by atoms with Crippen LogP contribution in [0.1, 0.15) is 33.3 Å². The first kappa shape index (κ1) is 26.8. The van der Waals surface area contributed by atoms with Crippen molar-refractivity contribution in [2.75, 3.05) is 6.61 Å². The number of phenolic OH excluding ortho intramolecular Hbond substituents is 2. The van der Waals surface area contributed by atoms with E-state index < -0.39 is 71.6 Å². The Hall–Kier alpha value is -4.23. The van der Waals surface area contributed by atoms with Gasteiger partial charge in [0.2, 0.25) is 5.76 Å². The molecule has 12 nitrogen and oxygen atoms in total. The number of rotatable bonds is 6. The molecule has 0 amide bonds. The number of benzene rings is 2. The highest BCUT2D eigenvalue weighted by Gasteiger charge is 2.48. The zero-order valence-electron chi connectivity index (χ0n) is 19.8. The molecule has 0 radical (unpaired) electrons. The number of fused-ring (bicyclic) bond motifs is 1. The Balaban J connectivity index is 1.81. The number of hydrogen-bond acceptors (Lipinski definition) is 11. The Morgan fingerprint density at radius 3 is 2.39 bits per heavy atom. The molecule has 12 heteroatoms. The summed E-state index contributed by atoms with van der Waals surface area (Å²) in [6.45, 7) is 0.705. The maximum atomic E-state index is 12.7. The van der Waals surface area contributed by atoms with E-state index in [1.165, 1.54) is 43.3 Å². The fourth-order valence-corrected chi connectivity index (χ4v) is 4.29. The second kappa shape index (κ2) is 10.6. The smallest absolute Gasteiger partial charge is 0.371 e. The Kier molecular flexibility index (Phi) is 7.51. The van der Waals surface area contributed by atoms with Gasteiger partial charge in [-0.3, -0.25) is 4.79 Å². The van der Waals surface area contributed by atoms with Crippen LogP contribution in [0.2, 0.25) is 0 Å². The molecule has 200 valence electrons. The van der Waals surface area contributed by atoms with E-state index in [-0.39, 0.29) is 22.3 Å². The molecular formula is C26H24O12. The average Bonchev–Trinajstić information content (AvgIpc) is 2.87. The number of carboxylic acids is 1. The fraction of sp³-hybridized carbons (Fsp3) is 0.269. The summed E-state index contributed by atoms with van der Waals surface area (Å²) in [6.07, 6.45) is -5.87. The van der Waals surface area contributed by atoms with Crippen LogP contribution in [0.3, 0.4) is 0 Å². The standard InChI is InChI=1S/C26H24O12/c1-11-8-14(29)20(23-19(11)15(30)9-16(36-23)26(34)35)24-25(22(33)21(32)17(10-27)37-24)38-18(31)7-4-12-2-5-13(28)6-3-12/h2-9,17,21-22,24-25,27-29,32-33H,10H2,1H3,(H,34,35)/b7-4-/t17-,21-,22+,24+,25-/m1/s1. The predicted octanol–water partition coefficient (Wildman–Crippen LogP) is 0.990. The minimum Gasteiger partial charge on any atom is -0.508 e. The van der Waals surface area contributed by atoms with Crippen LogP contribution in [-0.4, -0.2) is 73.6 Å². The van der Waals surface area contributed by atoms with Crippen molar-refractivity contribution in [1.82, 2.24) is 0 Å². The molecule has 6 N–H and O–H groups in total. The van der Waals surface area contributed by atoms with Gasteiger partial charge >= 0.3 is 11.9 Å². The first-order chi connectivity index (χ1) is 18.0. The number of aliphatic hydroxyl groups excluding tert-OH is 3. The molecule has 0 spiro atoms. The molecule has 1 aromatic heterocycles. The Labute approximate surface area is 214 Å². The van der Waals surface area contributed by atoms with Crippen LogP contribution in [0.25, 0.3) is 17.0 Å². The van der Waals surface area contributed by atoms with E-state index in [4.69, 9.17) is 13.9 Å². The lowest BCUT2D eigenvalue weighted by Crippen LogP contribution is -2.56. The van der Waals surface area contributed by atoms with Gasteiger partial charge in [-0.1, -0.05) is 12.1 Å². The number of carboxylic acid groups (broad SMARTS) is 1. The summed E-state index contributed by atoms with van der Waals surface area (Å²) in [5.74, 6) is -3.81. The Morgan fingerprint density at radius 2 is 1.76 bits per heavy atom. The van der Waals surface area contributed by atoms with Gasteiger partial charge < -0.3 is 44.5 Å². The van der Waals surface area contributed by atoms with E-state index in [9.17, 15) is 45.0 Å². The van der Waals surface area contributed by atoms with E-state index in [2.05, 4.69) is 0 Å². The number of esters is 1. The van der Waals surface area contributed by atoms with Crippen LogP contribution >= 0.6 is 0 Å². The Bertz CT molecular complexity index is 1460. The van der Waals surface area contributed by atoms with Crippen LogP contribution in [0.15, 0.2) is 51.7 Å². The number of phenols is 2. The third kappa shape index (κ3) is 5.10. The number of carbonyl (C=O) groups is 2. The third-order valence-corrected chi connectivity index (χ3v) is 6.14. The topological polar surface area (TPSA) is 204 Å². The number of hydrogen-bond donors (Lipinski definition) is 6. The van der Waals surface area contributed by atoms with E-state index >= 15 is 0 Å². The van der Waals surface area contributed by atoms with Gasteiger partial charge in [0.1, 0.15) is 41.5 Å². The quantitative estimate of drug-likeness (QED) is 0.196. The lowest BCUT2D eigenvalue weighted by molar-refractivity contribution is -0.239. The van der Waals surface area contributed by atoms with Crippen molar-refractivity contribution in [3.05, 3.63) is 75.1 Å². The Morgan fingerprint density at radius 1 is 1.08 bits per heavy atom. The van der Waals surface area contributed by atoms with Crippen LogP contribution in [0, 0.1) is 6.92 Å². The first-order valence-corrected chi connectivity index (χ1v) is 11.4. The lowest BCUT2D eigenvalue weighted by Gasteiger charge is -2.42. The van der Waals surface area contributed by atoms with Gasteiger partial charge in [-0.25, -0.2) is 9.59 Å². The maximum absolute atomic E-state index is 12.7. The van der Waals surface area contributed by atoms with Crippen molar-refractivity contribution in [2.24, 2.45) is 0 Å². The summed E-state index contributed by atoms with van der Waals surface area (Å²) in [5.41, 5.74) is -0.675. The normalized spacial score (nSPS) is 23.5. The van der Waals surface area contributed by atoms with E-state index in [0.29, 0.717) is 5.56 Å². The number of carbonyl (C=O) groups excluding carboxylic acids is 1. The van der Waals surface area contributed by atoms with Crippen molar-refractivity contribution in [2.45, 2.75) is 37.4 Å². The van der Waals surface area contributed by atoms with Crippen molar-refractivity contribution < 1.29 is 54.1 Å². The number of aromatic carboxylic acids is 1. The minimum atomic E-state index is -1.83. The summed E-state index contributed by atoms with van der Waals surface area (Å²) in [4.78, 5) is 36.9. The molecule has 0 bridgehead atoms. The number of aliphatic hydroxyl groups is 3. The predicted molar refractivity (Wildman–Crippen MR) is 130 cm³/mol. The van der Waals surface area contributed by atoms with Gasteiger partial charge in [0.25, 0.3) is 0 Å². The van der Waals surface area contributed by atoms with E-state index in [1.807, 2.05) is 0 Å². The largest absolute Gasteiger partial charge is 0.508 e.